The first-order chi connectivity index (χ1) is 8.29. The van der Waals surface area contributed by atoms with Crippen molar-refractivity contribution >= 4 is 5.91 Å². The second kappa shape index (κ2) is 6.39. The van der Waals surface area contributed by atoms with Crippen molar-refractivity contribution in [2.45, 2.75) is 63.8 Å². The van der Waals surface area contributed by atoms with Crippen molar-refractivity contribution in [2.24, 2.45) is 11.7 Å². The molecule has 1 saturated carbocycles. The van der Waals surface area contributed by atoms with E-state index in [4.69, 9.17) is 5.73 Å². The van der Waals surface area contributed by atoms with E-state index in [-0.39, 0.29) is 12.0 Å². The normalized spacial score (nSPS) is 31.7. The second-order valence-electron chi connectivity index (χ2n) is 5.65. The van der Waals surface area contributed by atoms with E-state index >= 15 is 0 Å². The van der Waals surface area contributed by atoms with Crippen LogP contribution in [0.5, 0.6) is 0 Å². The monoisotopic (exact) mass is 238 g/mol. The minimum absolute atomic E-state index is 0.113. The first-order valence-electron chi connectivity index (χ1n) is 7.33. The predicted octanol–water partition coefficient (Wildman–Crippen LogP) is 2.30. The molecule has 98 valence electrons. The minimum Gasteiger partial charge on any atom is -0.342 e. The van der Waals surface area contributed by atoms with Gasteiger partial charge in [0.15, 0.2) is 0 Å². The van der Waals surface area contributed by atoms with E-state index in [0.717, 1.165) is 25.9 Å². The molecule has 3 heteroatoms. The van der Waals surface area contributed by atoms with Gasteiger partial charge in [-0.25, -0.2) is 0 Å². The zero-order valence-electron chi connectivity index (χ0n) is 10.9. The molecule has 17 heavy (non-hydrogen) atoms. The van der Waals surface area contributed by atoms with Crippen LogP contribution in [-0.4, -0.2) is 29.9 Å². The Morgan fingerprint density at radius 2 is 1.47 bits per heavy atom. The SMILES string of the molecule is NC1CCCCC1C(=O)N1CCCCCCC1. The van der Waals surface area contributed by atoms with Crippen molar-refractivity contribution < 1.29 is 4.79 Å². The van der Waals surface area contributed by atoms with Gasteiger partial charge in [-0.05, 0) is 25.7 Å². The van der Waals surface area contributed by atoms with Crippen LogP contribution in [0.2, 0.25) is 0 Å². The van der Waals surface area contributed by atoms with Crippen molar-refractivity contribution in [3.63, 3.8) is 0 Å². The van der Waals surface area contributed by atoms with Gasteiger partial charge in [0.1, 0.15) is 0 Å². The molecule has 0 radical (unpaired) electrons. The predicted molar refractivity (Wildman–Crippen MR) is 69.6 cm³/mol. The molecule has 1 amide bonds. The summed E-state index contributed by atoms with van der Waals surface area (Å²) in [5, 5.41) is 0. The maximum Gasteiger partial charge on any atom is 0.227 e. The topological polar surface area (TPSA) is 46.3 Å². The quantitative estimate of drug-likeness (QED) is 0.762. The van der Waals surface area contributed by atoms with Crippen molar-refractivity contribution in [1.29, 1.82) is 0 Å². The molecule has 2 aliphatic rings. The van der Waals surface area contributed by atoms with Crippen molar-refractivity contribution in [2.75, 3.05) is 13.1 Å². The zero-order valence-corrected chi connectivity index (χ0v) is 10.9. The molecular formula is C14H26N2O. The molecular weight excluding hydrogens is 212 g/mol. The number of likely N-dealkylation sites (tertiary alicyclic amines) is 1. The largest absolute Gasteiger partial charge is 0.342 e. The first-order valence-corrected chi connectivity index (χ1v) is 7.33. The maximum atomic E-state index is 12.5. The average molecular weight is 238 g/mol. The van der Waals surface area contributed by atoms with Gasteiger partial charge >= 0.3 is 0 Å². The number of carbonyl (C=O) groups is 1. The number of amides is 1. The minimum atomic E-state index is 0.113. The van der Waals surface area contributed by atoms with Crippen LogP contribution in [0.1, 0.15) is 57.8 Å². The Balaban J connectivity index is 1.91. The number of hydrogen-bond acceptors (Lipinski definition) is 2. The molecule has 0 aromatic heterocycles. The molecule has 2 N–H and O–H groups in total. The van der Waals surface area contributed by atoms with E-state index in [2.05, 4.69) is 4.90 Å². The second-order valence-corrected chi connectivity index (χ2v) is 5.65. The lowest BCUT2D eigenvalue weighted by Gasteiger charge is -2.33. The Morgan fingerprint density at radius 3 is 2.12 bits per heavy atom. The summed E-state index contributed by atoms with van der Waals surface area (Å²) in [4.78, 5) is 14.6. The van der Waals surface area contributed by atoms with Gasteiger partial charge in [-0.15, -0.1) is 0 Å². The van der Waals surface area contributed by atoms with Gasteiger partial charge in [0.25, 0.3) is 0 Å². The summed E-state index contributed by atoms with van der Waals surface area (Å²) >= 11 is 0. The molecule has 2 rings (SSSR count). The van der Waals surface area contributed by atoms with Gasteiger partial charge in [-0.2, -0.15) is 0 Å². The maximum absolute atomic E-state index is 12.5. The van der Waals surface area contributed by atoms with Gasteiger partial charge in [0, 0.05) is 19.1 Å². The first kappa shape index (κ1) is 12.9. The summed E-state index contributed by atoms with van der Waals surface area (Å²) in [6.07, 6.45) is 10.7. The smallest absolute Gasteiger partial charge is 0.227 e. The molecule has 1 aliphatic heterocycles. The fraction of sp³-hybridized carbons (Fsp3) is 0.929. The Kier molecular flexibility index (Phi) is 4.84. The van der Waals surface area contributed by atoms with Crippen LogP contribution in [-0.2, 0) is 4.79 Å². The summed E-state index contributed by atoms with van der Waals surface area (Å²) in [7, 11) is 0. The summed E-state index contributed by atoms with van der Waals surface area (Å²) < 4.78 is 0. The van der Waals surface area contributed by atoms with Gasteiger partial charge < -0.3 is 10.6 Å². The average Bonchev–Trinajstić information content (AvgIpc) is 2.28. The van der Waals surface area contributed by atoms with Crippen molar-refractivity contribution in [3.8, 4) is 0 Å². The fourth-order valence-corrected chi connectivity index (χ4v) is 3.17. The van der Waals surface area contributed by atoms with Crippen LogP contribution < -0.4 is 5.73 Å². The zero-order chi connectivity index (χ0) is 12.1. The number of carbonyl (C=O) groups excluding carboxylic acids is 1. The Morgan fingerprint density at radius 1 is 0.882 bits per heavy atom. The molecule has 0 spiro atoms. The van der Waals surface area contributed by atoms with Crippen LogP contribution in [0, 0.1) is 5.92 Å². The standard InChI is InChI=1S/C14H26N2O/c15-13-9-5-4-8-12(13)14(17)16-10-6-2-1-3-7-11-16/h12-13H,1-11,15H2. The Bertz CT molecular complexity index is 247. The third-order valence-electron chi connectivity index (χ3n) is 4.30. The van der Waals surface area contributed by atoms with E-state index < -0.39 is 0 Å². The van der Waals surface area contributed by atoms with Crippen molar-refractivity contribution in [1.82, 2.24) is 4.90 Å². The number of rotatable bonds is 1. The Hall–Kier alpha value is -0.570. The van der Waals surface area contributed by atoms with Gasteiger partial charge in [0.2, 0.25) is 5.91 Å². The summed E-state index contributed by atoms with van der Waals surface area (Å²) in [6, 6.07) is 0.113. The third-order valence-corrected chi connectivity index (χ3v) is 4.30. The van der Waals surface area contributed by atoms with Crippen LogP contribution in [0.15, 0.2) is 0 Å². The lowest BCUT2D eigenvalue weighted by atomic mass is 9.84. The van der Waals surface area contributed by atoms with Gasteiger partial charge in [-0.3, -0.25) is 4.79 Å². The molecule has 1 saturated heterocycles. The summed E-state index contributed by atoms with van der Waals surface area (Å²) in [5.74, 6) is 0.460. The molecule has 1 aliphatic carbocycles. The molecule has 2 fully saturated rings. The third kappa shape index (κ3) is 3.44. The fourth-order valence-electron chi connectivity index (χ4n) is 3.17. The summed E-state index contributed by atoms with van der Waals surface area (Å²) in [5.41, 5.74) is 6.11. The highest BCUT2D eigenvalue weighted by molar-refractivity contribution is 5.79. The lowest BCUT2D eigenvalue weighted by Crippen LogP contribution is -2.46. The van der Waals surface area contributed by atoms with Crippen LogP contribution in [0.25, 0.3) is 0 Å². The number of nitrogens with two attached hydrogens (primary N) is 1. The molecule has 3 nitrogen and oxygen atoms in total. The summed E-state index contributed by atoms with van der Waals surface area (Å²) in [6.45, 7) is 1.92. The molecule has 1 heterocycles. The molecule has 2 unspecified atom stereocenters. The van der Waals surface area contributed by atoms with Crippen molar-refractivity contribution in [3.05, 3.63) is 0 Å². The lowest BCUT2D eigenvalue weighted by molar-refractivity contribution is -0.137. The molecule has 2 atom stereocenters. The van der Waals surface area contributed by atoms with Gasteiger partial charge in [0.05, 0.1) is 5.92 Å². The highest BCUT2D eigenvalue weighted by Gasteiger charge is 2.31. The van der Waals surface area contributed by atoms with Crippen LogP contribution >= 0.6 is 0 Å². The van der Waals surface area contributed by atoms with Crippen LogP contribution in [0.4, 0.5) is 0 Å². The highest BCUT2D eigenvalue weighted by Crippen LogP contribution is 2.25. The molecule has 0 aromatic rings. The molecule has 0 aromatic carbocycles. The van der Waals surface area contributed by atoms with E-state index in [9.17, 15) is 4.79 Å². The number of hydrogen-bond donors (Lipinski definition) is 1. The van der Waals surface area contributed by atoms with Crippen LogP contribution in [0.3, 0.4) is 0 Å². The Labute approximate surface area is 105 Å². The van der Waals surface area contributed by atoms with E-state index in [0.29, 0.717) is 5.91 Å². The van der Waals surface area contributed by atoms with E-state index in [1.165, 1.54) is 44.9 Å². The van der Waals surface area contributed by atoms with E-state index in [1.54, 1.807) is 0 Å². The number of nitrogens with zero attached hydrogens (tertiary/aromatic N) is 1. The van der Waals surface area contributed by atoms with Gasteiger partial charge in [-0.1, -0.05) is 32.1 Å². The van der Waals surface area contributed by atoms with E-state index in [1.807, 2.05) is 0 Å². The highest BCUT2D eigenvalue weighted by atomic mass is 16.2. The molecule has 0 bridgehead atoms.